The average molecular weight is 303 g/mol. The van der Waals surface area contributed by atoms with Gasteiger partial charge in [0.15, 0.2) is 0 Å². The molecule has 1 amide bonds. The summed E-state index contributed by atoms with van der Waals surface area (Å²) in [5.41, 5.74) is 0. The van der Waals surface area contributed by atoms with Crippen molar-refractivity contribution in [3.8, 4) is 0 Å². The van der Waals surface area contributed by atoms with Gasteiger partial charge < -0.3 is 5.32 Å². The number of hydrogen-bond acceptors (Lipinski definition) is 4. The lowest BCUT2D eigenvalue weighted by Gasteiger charge is -2.38. The summed E-state index contributed by atoms with van der Waals surface area (Å²) < 4.78 is 24.5. The zero-order chi connectivity index (χ0) is 14.9. The standard InChI is InChI=1S/C13H25N3O3S/c1-10(13(17)14-11-4-5-11)16-8-6-12(7-9-16)15(2)20(3,18)19/h10-12H,4-9H2,1-3H3,(H,14,17). The Bertz CT molecular complexity index is 453. The lowest BCUT2D eigenvalue weighted by Crippen LogP contribution is -2.52. The molecule has 1 heterocycles. The van der Waals surface area contributed by atoms with E-state index >= 15 is 0 Å². The summed E-state index contributed by atoms with van der Waals surface area (Å²) in [4.78, 5) is 14.2. The molecule has 0 aromatic rings. The summed E-state index contributed by atoms with van der Waals surface area (Å²) in [6, 6.07) is 0.318. The van der Waals surface area contributed by atoms with E-state index < -0.39 is 10.0 Å². The van der Waals surface area contributed by atoms with Gasteiger partial charge in [0.2, 0.25) is 15.9 Å². The van der Waals surface area contributed by atoms with Crippen molar-refractivity contribution < 1.29 is 13.2 Å². The zero-order valence-corrected chi connectivity index (χ0v) is 13.3. The molecule has 1 saturated heterocycles. The molecule has 2 fully saturated rings. The van der Waals surface area contributed by atoms with E-state index in [1.54, 1.807) is 7.05 Å². The van der Waals surface area contributed by atoms with Crippen LogP contribution in [0.5, 0.6) is 0 Å². The van der Waals surface area contributed by atoms with Crippen LogP contribution in [0.15, 0.2) is 0 Å². The van der Waals surface area contributed by atoms with Gasteiger partial charge in [-0.2, -0.15) is 0 Å². The number of amides is 1. The maximum absolute atomic E-state index is 12.0. The quantitative estimate of drug-likeness (QED) is 0.777. The third kappa shape index (κ3) is 3.93. The third-order valence-electron chi connectivity index (χ3n) is 4.39. The van der Waals surface area contributed by atoms with Gasteiger partial charge in [-0.05, 0) is 32.6 Å². The first-order chi connectivity index (χ1) is 9.29. The van der Waals surface area contributed by atoms with Crippen molar-refractivity contribution in [1.29, 1.82) is 0 Å². The lowest BCUT2D eigenvalue weighted by atomic mass is 10.0. The lowest BCUT2D eigenvalue weighted by molar-refractivity contribution is -0.126. The first kappa shape index (κ1) is 15.7. The molecule has 2 aliphatic rings. The van der Waals surface area contributed by atoms with Crippen molar-refractivity contribution in [2.45, 2.75) is 50.7 Å². The van der Waals surface area contributed by atoms with E-state index in [-0.39, 0.29) is 18.0 Å². The summed E-state index contributed by atoms with van der Waals surface area (Å²) in [7, 11) is -1.49. The summed E-state index contributed by atoms with van der Waals surface area (Å²) in [6.07, 6.45) is 5.00. The van der Waals surface area contributed by atoms with Gasteiger partial charge in [-0.1, -0.05) is 0 Å². The number of carbonyl (C=O) groups excluding carboxylic acids is 1. The number of hydrogen-bond donors (Lipinski definition) is 1. The van der Waals surface area contributed by atoms with Gasteiger partial charge in [0.1, 0.15) is 0 Å². The van der Waals surface area contributed by atoms with Crippen molar-refractivity contribution in [2.75, 3.05) is 26.4 Å². The molecule has 1 aliphatic carbocycles. The van der Waals surface area contributed by atoms with Gasteiger partial charge in [-0.3, -0.25) is 9.69 Å². The van der Waals surface area contributed by atoms with E-state index in [0.717, 1.165) is 38.8 Å². The first-order valence-electron chi connectivity index (χ1n) is 7.26. The SMILES string of the molecule is CC(C(=O)NC1CC1)N1CCC(N(C)S(C)(=O)=O)CC1. The van der Waals surface area contributed by atoms with Crippen molar-refractivity contribution in [3.63, 3.8) is 0 Å². The predicted molar refractivity (Wildman–Crippen MR) is 77.8 cm³/mol. The zero-order valence-electron chi connectivity index (χ0n) is 12.5. The fourth-order valence-corrected chi connectivity index (χ4v) is 3.38. The molecule has 0 radical (unpaired) electrons. The van der Waals surface area contributed by atoms with Crippen molar-refractivity contribution >= 4 is 15.9 Å². The summed E-state index contributed by atoms with van der Waals surface area (Å²) in [6.45, 7) is 3.46. The van der Waals surface area contributed by atoms with Crippen LogP contribution in [0.4, 0.5) is 0 Å². The van der Waals surface area contributed by atoms with E-state index in [4.69, 9.17) is 0 Å². The molecule has 1 N–H and O–H groups in total. The molecule has 20 heavy (non-hydrogen) atoms. The topological polar surface area (TPSA) is 69.7 Å². The fraction of sp³-hybridized carbons (Fsp3) is 0.923. The molecule has 6 nitrogen and oxygen atoms in total. The minimum absolute atomic E-state index is 0.0555. The van der Waals surface area contributed by atoms with E-state index in [2.05, 4.69) is 10.2 Å². The molecular weight excluding hydrogens is 278 g/mol. The number of nitrogens with one attached hydrogen (secondary N) is 1. The maximum Gasteiger partial charge on any atom is 0.237 e. The van der Waals surface area contributed by atoms with Crippen LogP contribution in [0, 0.1) is 0 Å². The summed E-state index contributed by atoms with van der Waals surface area (Å²) >= 11 is 0. The number of sulfonamides is 1. The highest BCUT2D eigenvalue weighted by Crippen LogP contribution is 2.21. The van der Waals surface area contributed by atoms with Crippen molar-refractivity contribution in [2.24, 2.45) is 0 Å². The molecule has 7 heteroatoms. The molecule has 0 bridgehead atoms. The van der Waals surface area contributed by atoms with Gasteiger partial charge in [0.25, 0.3) is 0 Å². The molecule has 1 unspecified atom stereocenters. The molecule has 0 aromatic heterocycles. The van der Waals surface area contributed by atoms with E-state index in [0.29, 0.717) is 6.04 Å². The molecule has 0 aromatic carbocycles. The largest absolute Gasteiger partial charge is 0.352 e. The monoisotopic (exact) mass is 303 g/mol. The van der Waals surface area contributed by atoms with Crippen LogP contribution in [0.1, 0.15) is 32.6 Å². The molecule has 1 atom stereocenters. The Hall–Kier alpha value is -0.660. The minimum Gasteiger partial charge on any atom is -0.352 e. The van der Waals surface area contributed by atoms with Gasteiger partial charge in [0.05, 0.1) is 12.3 Å². The smallest absolute Gasteiger partial charge is 0.237 e. The van der Waals surface area contributed by atoms with Crippen LogP contribution in [0.2, 0.25) is 0 Å². The van der Waals surface area contributed by atoms with Crippen molar-refractivity contribution in [3.05, 3.63) is 0 Å². The van der Waals surface area contributed by atoms with E-state index in [9.17, 15) is 13.2 Å². The maximum atomic E-state index is 12.0. The second kappa shape index (κ2) is 5.99. The minimum atomic E-state index is -3.13. The molecule has 1 aliphatic heterocycles. The first-order valence-corrected chi connectivity index (χ1v) is 9.11. The van der Waals surface area contributed by atoms with Crippen LogP contribution < -0.4 is 5.32 Å². The Labute approximate surface area is 121 Å². The van der Waals surface area contributed by atoms with Crippen LogP contribution in [-0.4, -0.2) is 68.0 Å². The normalized spacial score (nSPS) is 23.8. The number of piperidine rings is 1. The van der Waals surface area contributed by atoms with Gasteiger partial charge in [0, 0.05) is 32.2 Å². The van der Waals surface area contributed by atoms with Gasteiger partial charge in [-0.15, -0.1) is 0 Å². The second-order valence-corrected chi connectivity index (χ2v) is 8.05. The van der Waals surface area contributed by atoms with E-state index in [1.807, 2.05) is 6.92 Å². The Kier molecular flexibility index (Phi) is 4.71. The highest BCUT2D eigenvalue weighted by molar-refractivity contribution is 7.88. The molecular formula is C13H25N3O3S. The van der Waals surface area contributed by atoms with Crippen molar-refractivity contribution in [1.82, 2.24) is 14.5 Å². The summed E-state index contributed by atoms with van der Waals surface area (Å²) in [5, 5.41) is 3.02. The second-order valence-electron chi connectivity index (χ2n) is 6.01. The number of rotatable bonds is 5. The predicted octanol–water partition coefficient (Wildman–Crippen LogP) is 0.00930. The molecule has 0 spiro atoms. The number of carbonyl (C=O) groups is 1. The van der Waals surface area contributed by atoms with Crippen LogP contribution in [-0.2, 0) is 14.8 Å². The van der Waals surface area contributed by atoms with Crippen LogP contribution in [0.3, 0.4) is 0 Å². The van der Waals surface area contributed by atoms with Crippen LogP contribution in [0.25, 0.3) is 0 Å². The Morgan fingerprint density at radius 2 is 1.80 bits per heavy atom. The Morgan fingerprint density at radius 1 is 1.25 bits per heavy atom. The van der Waals surface area contributed by atoms with E-state index in [1.165, 1.54) is 10.6 Å². The summed E-state index contributed by atoms with van der Waals surface area (Å²) in [5.74, 6) is 0.0995. The van der Waals surface area contributed by atoms with Gasteiger partial charge in [-0.25, -0.2) is 12.7 Å². The molecule has 2 rings (SSSR count). The average Bonchev–Trinajstić information content (AvgIpc) is 3.20. The Morgan fingerprint density at radius 3 is 2.25 bits per heavy atom. The Balaban J connectivity index is 1.82. The fourth-order valence-electron chi connectivity index (χ4n) is 2.62. The van der Waals surface area contributed by atoms with Crippen LogP contribution >= 0.6 is 0 Å². The highest BCUT2D eigenvalue weighted by atomic mass is 32.2. The highest BCUT2D eigenvalue weighted by Gasteiger charge is 2.32. The molecule has 116 valence electrons. The van der Waals surface area contributed by atoms with Gasteiger partial charge >= 0.3 is 0 Å². The number of nitrogens with zero attached hydrogens (tertiary/aromatic N) is 2. The number of likely N-dealkylation sites (tertiary alicyclic amines) is 1. The molecule has 1 saturated carbocycles. The third-order valence-corrected chi connectivity index (χ3v) is 5.73.